The van der Waals surface area contributed by atoms with Gasteiger partial charge in [0.15, 0.2) is 0 Å². The van der Waals surface area contributed by atoms with Crippen LogP contribution in [-0.4, -0.2) is 0 Å². The van der Waals surface area contributed by atoms with E-state index in [2.05, 4.69) is 121 Å². The van der Waals surface area contributed by atoms with E-state index in [1.54, 1.807) is 0 Å². The Hall–Kier alpha value is -4.24. The molecule has 0 saturated heterocycles. The van der Waals surface area contributed by atoms with E-state index < -0.39 is 0 Å². The van der Waals surface area contributed by atoms with E-state index in [0.717, 1.165) is 6.42 Å². The molecule has 0 nitrogen and oxygen atoms in total. The first kappa shape index (κ1) is 21.7. The van der Waals surface area contributed by atoms with Gasteiger partial charge in [0.2, 0.25) is 0 Å². The van der Waals surface area contributed by atoms with E-state index >= 15 is 0 Å². The van der Waals surface area contributed by atoms with Gasteiger partial charge in [-0.3, -0.25) is 0 Å². The largest absolute Gasteiger partial charge is 0.135 e. The second kappa shape index (κ2) is 8.13. The minimum Gasteiger partial charge on any atom is -0.135 e. The van der Waals surface area contributed by atoms with Gasteiger partial charge in [-0.2, -0.15) is 0 Å². The van der Waals surface area contributed by atoms with Crippen molar-refractivity contribution in [1.29, 1.82) is 0 Å². The number of benzene rings is 6. The quantitative estimate of drug-likeness (QED) is 0.208. The third-order valence-electron chi connectivity index (χ3n) is 8.31. The van der Waals surface area contributed by atoms with Crippen LogP contribution in [0.5, 0.6) is 0 Å². The zero-order valence-corrected chi connectivity index (χ0v) is 22.7. The topological polar surface area (TPSA) is 0 Å². The Kier molecular flexibility index (Phi) is 4.52. The number of thiophene rings is 2. The molecule has 0 N–H and O–H groups in total. The normalized spacial score (nSPS) is 12.5. The summed E-state index contributed by atoms with van der Waals surface area (Å²) in [5, 5.41) is 5.43. The fourth-order valence-electron chi connectivity index (χ4n) is 6.49. The first-order valence-electron chi connectivity index (χ1n) is 13.4. The molecule has 0 unspecified atom stereocenters. The van der Waals surface area contributed by atoms with Gasteiger partial charge in [0.05, 0.1) is 0 Å². The summed E-state index contributed by atoms with van der Waals surface area (Å²) >= 11 is 3.81. The average molecular weight is 531 g/mol. The molecule has 0 saturated carbocycles. The van der Waals surface area contributed by atoms with Crippen molar-refractivity contribution in [2.24, 2.45) is 0 Å². The molecular weight excluding hydrogens is 509 g/mol. The Morgan fingerprint density at radius 2 is 0.846 bits per heavy atom. The molecule has 0 aliphatic heterocycles. The highest BCUT2D eigenvalue weighted by atomic mass is 32.1. The SMILES string of the molecule is c1ccc2c(c1)sc1c(-c3ccc4c(c3)Cc3cc(-c5cccc6c5sc5ccccc56)ccc3-4)cccc12. The summed E-state index contributed by atoms with van der Waals surface area (Å²) in [5.74, 6) is 0. The summed E-state index contributed by atoms with van der Waals surface area (Å²) in [6.45, 7) is 0. The van der Waals surface area contributed by atoms with Crippen molar-refractivity contribution < 1.29 is 0 Å². The minimum atomic E-state index is 0.983. The maximum Gasteiger partial charge on any atom is 0.0433 e. The molecule has 0 spiro atoms. The number of hydrogen-bond acceptors (Lipinski definition) is 2. The molecule has 0 atom stereocenters. The number of rotatable bonds is 2. The van der Waals surface area contributed by atoms with Crippen molar-refractivity contribution in [1.82, 2.24) is 0 Å². The molecule has 2 aromatic heterocycles. The van der Waals surface area contributed by atoms with Gasteiger partial charge in [-0.05, 0) is 63.1 Å². The molecule has 39 heavy (non-hydrogen) atoms. The molecule has 0 fully saturated rings. The van der Waals surface area contributed by atoms with Crippen LogP contribution in [0.3, 0.4) is 0 Å². The van der Waals surface area contributed by atoms with Crippen LogP contribution in [0.25, 0.3) is 73.7 Å². The molecule has 6 aromatic carbocycles. The molecule has 2 heteroatoms. The first-order valence-corrected chi connectivity index (χ1v) is 15.0. The first-order chi connectivity index (χ1) is 19.3. The second-order valence-electron chi connectivity index (χ2n) is 10.5. The highest BCUT2D eigenvalue weighted by molar-refractivity contribution is 7.26. The highest BCUT2D eigenvalue weighted by Gasteiger charge is 2.21. The summed E-state index contributed by atoms with van der Waals surface area (Å²) < 4.78 is 5.48. The van der Waals surface area contributed by atoms with Crippen molar-refractivity contribution >= 4 is 63.0 Å². The molecule has 182 valence electrons. The molecule has 0 amide bonds. The molecule has 8 aromatic rings. The van der Waals surface area contributed by atoms with E-state index in [9.17, 15) is 0 Å². The summed E-state index contributed by atoms with van der Waals surface area (Å²) in [6, 6.07) is 45.2. The fraction of sp³-hybridized carbons (Fsp3) is 0.0270. The monoisotopic (exact) mass is 530 g/mol. The Bertz CT molecular complexity index is 2100. The van der Waals surface area contributed by atoms with E-state index in [0.29, 0.717) is 0 Å². The van der Waals surface area contributed by atoms with Gasteiger partial charge in [0.1, 0.15) is 0 Å². The molecule has 1 aliphatic carbocycles. The lowest BCUT2D eigenvalue weighted by molar-refractivity contribution is 1.26. The van der Waals surface area contributed by atoms with Crippen molar-refractivity contribution in [3.8, 4) is 33.4 Å². The molecule has 2 heterocycles. The highest BCUT2D eigenvalue weighted by Crippen LogP contribution is 2.45. The molecule has 9 rings (SSSR count). The molecule has 0 bridgehead atoms. The third-order valence-corrected chi connectivity index (χ3v) is 10.8. The van der Waals surface area contributed by atoms with Gasteiger partial charge in [-0.1, -0.05) is 109 Å². The van der Waals surface area contributed by atoms with Gasteiger partial charge in [-0.15, -0.1) is 22.7 Å². The van der Waals surface area contributed by atoms with Crippen LogP contribution in [0.15, 0.2) is 121 Å². The van der Waals surface area contributed by atoms with Crippen LogP contribution in [-0.2, 0) is 6.42 Å². The van der Waals surface area contributed by atoms with E-state index in [1.165, 1.54) is 84.9 Å². The zero-order valence-electron chi connectivity index (χ0n) is 21.1. The van der Waals surface area contributed by atoms with E-state index in [1.807, 2.05) is 22.7 Å². The Labute approximate surface area is 234 Å². The van der Waals surface area contributed by atoms with Crippen LogP contribution in [0, 0.1) is 0 Å². The Balaban J connectivity index is 1.14. The summed E-state index contributed by atoms with van der Waals surface area (Å²) in [5.41, 5.74) is 10.9. The summed E-state index contributed by atoms with van der Waals surface area (Å²) in [7, 11) is 0. The molecular formula is C37H22S2. The van der Waals surface area contributed by atoms with Crippen LogP contribution in [0.1, 0.15) is 11.1 Å². The van der Waals surface area contributed by atoms with Crippen molar-refractivity contribution in [2.75, 3.05) is 0 Å². The number of hydrogen-bond donors (Lipinski definition) is 0. The fourth-order valence-corrected chi connectivity index (χ4v) is 8.97. The predicted octanol–water partition coefficient (Wildman–Crippen LogP) is 11.3. The lowest BCUT2D eigenvalue weighted by Crippen LogP contribution is -1.84. The Morgan fingerprint density at radius 1 is 0.385 bits per heavy atom. The molecule has 1 aliphatic rings. The van der Waals surface area contributed by atoms with Gasteiger partial charge in [-0.25, -0.2) is 0 Å². The maximum atomic E-state index is 2.43. The van der Waals surface area contributed by atoms with Crippen LogP contribution < -0.4 is 0 Å². The second-order valence-corrected chi connectivity index (χ2v) is 12.6. The van der Waals surface area contributed by atoms with Crippen molar-refractivity contribution in [3.63, 3.8) is 0 Å². The van der Waals surface area contributed by atoms with Gasteiger partial charge < -0.3 is 0 Å². The van der Waals surface area contributed by atoms with Gasteiger partial charge in [0, 0.05) is 40.3 Å². The van der Waals surface area contributed by atoms with Crippen LogP contribution >= 0.6 is 22.7 Å². The van der Waals surface area contributed by atoms with Crippen LogP contribution in [0.4, 0.5) is 0 Å². The molecule has 0 radical (unpaired) electrons. The lowest BCUT2D eigenvalue weighted by Gasteiger charge is -2.08. The summed E-state index contributed by atoms with van der Waals surface area (Å²) in [4.78, 5) is 0. The predicted molar refractivity (Wildman–Crippen MR) is 171 cm³/mol. The van der Waals surface area contributed by atoms with Gasteiger partial charge in [0.25, 0.3) is 0 Å². The maximum absolute atomic E-state index is 2.43. The van der Waals surface area contributed by atoms with Crippen LogP contribution in [0.2, 0.25) is 0 Å². The Morgan fingerprint density at radius 3 is 1.36 bits per heavy atom. The van der Waals surface area contributed by atoms with Crippen molar-refractivity contribution in [3.05, 3.63) is 132 Å². The standard InChI is InChI=1S/C37H22S2/c1-3-13-34-30(7-1)32-11-5-9-28(36(32)38-34)22-15-17-26-24(19-22)21-25-20-23(16-18-27(25)26)29-10-6-12-33-31-8-2-4-14-35(31)39-37(29)33/h1-20H,21H2. The average Bonchev–Trinajstić information content (AvgIpc) is 3.67. The van der Waals surface area contributed by atoms with E-state index in [4.69, 9.17) is 0 Å². The van der Waals surface area contributed by atoms with E-state index in [-0.39, 0.29) is 0 Å². The van der Waals surface area contributed by atoms with Gasteiger partial charge >= 0.3 is 0 Å². The smallest absolute Gasteiger partial charge is 0.0433 e. The third kappa shape index (κ3) is 3.16. The lowest BCUT2D eigenvalue weighted by atomic mass is 9.97. The minimum absolute atomic E-state index is 0.983. The number of fused-ring (bicyclic) bond motifs is 9. The summed E-state index contributed by atoms with van der Waals surface area (Å²) in [6.07, 6.45) is 0.983. The van der Waals surface area contributed by atoms with Crippen molar-refractivity contribution in [2.45, 2.75) is 6.42 Å². The zero-order chi connectivity index (χ0) is 25.5.